The van der Waals surface area contributed by atoms with E-state index in [4.69, 9.17) is 14.5 Å². The second kappa shape index (κ2) is 11.1. The van der Waals surface area contributed by atoms with E-state index in [1.807, 2.05) is 25.1 Å². The SMILES string of the molecule is CN(C)CCC(=O)N(C)c1ccc(N=C(c2ccc3c(c2)OCCO3)C2C(=O)Nc3cc([N+](=O)[O-])ccc32)cc1. The van der Waals surface area contributed by atoms with Crippen LogP contribution in [0.5, 0.6) is 11.5 Å². The van der Waals surface area contributed by atoms with Crippen LogP contribution in [0, 0.1) is 10.1 Å². The summed E-state index contributed by atoms with van der Waals surface area (Å²) in [6, 6.07) is 16.9. The maximum Gasteiger partial charge on any atom is 0.271 e. The smallest absolute Gasteiger partial charge is 0.271 e. The van der Waals surface area contributed by atoms with E-state index in [1.54, 1.807) is 54.4 Å². The lowest BCUT2D eigenvalue weighted by molar-refractivity contribution is -0.384. The Balaban J connectivity index is 1.52. The molecule has 1 atom stereocenters. The van der Waals surface area contributed by atoms with Crippen LogP contribution >= 0.6 is 0 Å². The molecule has 0 saturated heterocycles. The van der Waals surface area contributed by atoms with Crippen LogP contribution in [0.4, 0.5) is 22.7 Å². The van der Waals surface area contributed by atoms with Gasteiger partial charge in [-0.3, -0.25) is 24.7 Å². The number of rotatable bonds is 8. The first-order valence-electron chi connectivity index (χ1n) is 12.8. The van der Waals surface area contributed by atoms with Crippen molar-refractivity contribution in [2.24, 2.45) is 4.99 Å². The van der Waals surface area contributed by atoms with Crippen LogP contribution in [-0.2, 0) is 9.59 Å². The molecule has 1 N–H and O–H groups in total. The van der Waals surface area contributed by atoms with Crippen molar-refractivity contribution < 1.29 is 24.0 Å². The standard InChI is InChI=1S/C29H29N5O6/c1-32(2)13-12-26(35)33(3)20-7-5-19(6-8-20)30-28(18-4-11-24-25(16-18)40-15-14-39-24)27-22-10-9-21(34(37)38)17-23(22)31-29(27)36/h4-11,16-17,27H,12-15H2,1-3H3,(H,31,36). The van der Waals surface area contributed by atoms with Crippen LogP contribution in [0.15, 0.2) is 65.7 Å². The molecule has 0 spiro atoms. The maximum absolute atomic E-state index is 13.3. The van der Waals surface area contributed by atoms with Crippen LogP contribution in [-0.4, -0.2) is 68.3 Å². The number of nitrogens with zero attached hydrogens (tertiary/aromatic N) is 4. The number of amides is 2. The number of nitrogens with one attached hydrogen (secondary N) is 1. The van der Waals surface area contributed by atoms with Crippen LogP contribution < -0.4 is 19.7 Å². The summed E-state index contributed by atoms with van der Waals surface area (Å²) in [6.45, 7) is 1.50. The predicted octanol–water partition coefficient (Wildman–Crippen LogP) is 4.14. The number of non-ortho nitro benzene ring substituents is 1. The maximum atomic E-state index is 13.3. The lowest BCUT2D eigenvalue weighted by Crippen LogP contribution is -2.29. The minimum absolute atomic E-state index is 0.00440. The molecule has 11 heteroatoms. The normalized spacial score (nSPS) is 15.9. The third-order valence-electron chi connectivity index (χ3n) is 6.82. The van der Waals surface area contributed by atoms with Crippen molar-refractivity contribution in [2.75, 3.05) is 51.1 Å². The van der Waals surface area contributed by atoms with Crippen molar-refractivity contribution in [1.29, 1.82) is 0 Å². The highest BCUT2D eigenvalue weighted by atomic mass is 16.6. The number of benzene rings is 3. The number of nitro groups is 1. The van der Waals surface area contributed by atoms with Crippen molar-refractivity contribution in [3.8, 4) is 11.5 Å². The summed E-state index contributed by atoms with van der Waals surface area (Å²) < 4.78 is 11.4. The fourth-order valence-corrected chi connectivity index (χ4v) is 4.65. The lowest BCUT2D eigenvalue weighted by atomic mass is 9.90. The number of ether oxygens (including phenoxy) is 2. The largest absolute Gasteiger partial charge is 0.486 e. The van der Waals surface area contributed by atoms with E-state index in [0.29, 0.717) is 65.9 Å². The number of hydrogen-bond acceptors (Lipinski definition) is 8. The van der Waals surface area contributed by atoms with Gasteiger partial charge >= 0.3 is 0 Å². The molecule has 40 heavy (non-hydrogen) atoms. The first kappa shape index (κ1) is 26.8. The van der Waals surface area contributed by atoms with Gasteiger partial charge in [-0.25, -0.2) is 0 Å². The van der Waals surface area contributed by atoms with Gasteiger partial charge in [-0.1, -0.05) is 0 Å². The average molecular weight is 544 g/mol. The Kier molecular flexibility index (Phi) is 7.47. The third kappa shape index (κ3) is 5.50. The van der Waals surface area contributed by atoms with Crippen molar-refractivity contribution in [3.05, 3.63) is 81.9 Å². The molecule has 0 saturated carbocycles. The van der Waals surface area contributed by atoms with Gasteiger partial charge in [0.25, 0.3) is 5.69 Å². The molecule has 2 aliphatic rings. The summed E-state index contributed by atoms with van der Waals surface area (Å²) in [5.74, 6) is -0.00453. The molecule has 3 aromatic carbocycles. The van der Waals surface area contributed by atoms with Gasteiger partial charge < -0.3 is 24.6 Å². The Morgan fingerprint density at radius 1 is 1.02 bits per heavy atom. The van der Waals surface area contributed by atoms with E-state index in [9.17, 15) is 19.7 Å². The van der Waals surface area contributed by atoms with E-state index in [0.717, 1.165) is 5.69 Å². The minimum atomic E-state index is -0.812. The van der Waals surface area contributed by atoms with Crippen LogP contribution in [0.3, 0.4) is 0 Å². The average Bonchev–Trinajstić information content (AvgIpc) is 3.28. The number of aliphatic imine (C=N–C) groups is 1. The zero-order valence-electron chi connectivity index (χ0n) is 22.4. The first-order valence-corrected chi connectivity index (χ1v) is 12.8. The fraction of sp³-hybridized carbons (Fsp3) is 0.276. The molecule has 0 fully saturated rings. The van der Waals surface area contributed by atoms with Gasteiger partial charge in [0.05, 0.1) is 22.0 Å². The molecule has 2 amide bonds. The molecule has 2 heterocycles. The number of carbonyl (C=O) groups excluding carboxylic acids is 2. The molecule has 2 aliphatic heterocycles. The summed E-state index contributed by atoms with van der Waals surface area (Å²) in [4.78, 5) is 45.1. The highest BCUT2D eigenvalue weighted by Gasteiger charge is 2.37. The first-order chi connectivity index (χ1) is 19.2. The summed E-state index contributed by atoms with van der Waals surface area (Å²) in [5, 5.41) is 14.1. The molecule has 0 aromatic heterocycles. The summed E-state index contributed by atoms with van der Waals surface area (Å²) in [5.41, 5.74) is 3.25. The molecular weight excluding hydrogens is 514 g/mol. The van der Waals surface area contributed by atoms with Crippen molar-refractivity contribution in [1.82, 2.24) is 4.90 Å². The van der Waals surface area contributed by atoms with E-state index >= 15 is 0 Å². The molecular formula is C29H29N5O6. The topological polar surface area (TPSA) is 127 Å². The van der Waals surface area contributed by atoms with E-state index in [1.165, 1.54) is 12.1 Å². The Bertz CT molecular complexity index is 1500. The Hall–Kier alpha value is -4.77. The van der Waals surface area contributed by atoms with Crippen LogP contribution in [0.1, 0.15) is 23.5 Å². The highest BCUT2D eigenvalue weighted by molar-refractivity contribution is 6.24. The second-order valence-corrected chi connectivity index (χ2v) is 9.83. The number of carbonyl (C=O) groups is 2. The Morgan fingerprint density at radius 3 is 2.45 bits per heavy atom. The lowest BCUT2D eigenvalue weighted by Gasteiger charge is -2.21. The number of hydrogen-bond donors (Lipinski definition) is 1. The van der Waals surface area contributed by atoms with Crippen molar-refractivity contribution in [3.63, 3.8) is 0 Å². The summed E-state index contributed by atoms with van der Waals surface area (Å²) in [6.07, 6.45) is 0.395. The van der Waals surface area contributed by atoms with Crippen LogP contribution in [0.25, 0.3) is 0 Å². The molecule has 5 rings (SSSR count). The number of fused-ring (bicyclic) bond motifs is 2. The van der Waals surface area contributed by atoms with Gasteiger partial charge in [0.2, 0.25) is 11.8 Å². The molecule has 11 nitrogen and oxygen atoms in total. The van der Waals surface area contributed by atoms with E-state index < -0.39 is 10.8 Å². The third-order valence-corrected chi connectivity index (χ3v) is 6.82. The predicted molar refractivity (Wildman–Crippen MR) is 151 cm³/mol. The zero-order valence-corrected chi connectivity index (χ0v) is 22.4. The van der Waals surface area contributed by atoms with Gasteiger partial charge in [0.15, 0.2) is 11.5 Å². The van der Waals surface area contributed by atoms with E-state index in [-0.39, 0.29) is 17.5 Å². The van der Waals surface area contributed by atoms with Gasteiger partial charge in [-0.2, -0.15) is 0 Å². The Labute approximate surface area is 231 Å². The molecule has 206 valence electrons. The van der Waals surface area contributed by atoms with E-state index in [2.05, 4.69) is 5.32 Å². The summed E-state index contributed by atoms with van der Waals surface area (Å²) >= 11 is 0. The molecule has 3 aromatic rings. The van der Waals surface area contributed by atoms with Crippen molar-refractivity contribution in [2.45, 2.75) is 12.3 Å². The minimum Gasteiger partial charge on any atom is -0.486 e. The van der Waals surface area contributed by atoms with Crippen LogP contribution in [0.2, 0.25) is 0 Å². The quantitative estimate of drug-likeness (QED) is 0.257. The summed E-state index contributed by atoms with van der Waals surface area (Å²) in [7, 11) is 5.57. The van der Waals surface area contributed by atoms with Gasteiger partial charge in [0.1, 0.15) is 19.1 Å². The van der Waals surface area contributed by atoms with Gasteiger partial charge in [-0.05, 0) is 68.2 Å². The highest BCUT2D eigenvalue weighted by Crippen LogP contribution is 2.40. The fourth-order valence-electron chi connectivity index (χ4n) is 4.65. The van der Waals surface area contributed by atoms with Gasteiger partial charge in [-0.15, -0.1) is 0 Å². The monoisotopic (exact) mass is 543 g/mol. The van der Waals surface area contributed by atoms with Gasteiger partial charge in [0, 0.05) is 43.4 Å². The number of anilines is 2. The molecule has 0 radical (unpaired) electrons. The molecule has 0 bridgehead atoms. The Morgan fingerprint density at radius 2 is 1.75 bits per heavy atom. The molecule has 1 unspecified atom stereocenters. The molecule has 0 aliphatic carbocycles. The number of nitro benzene ring substituents is 1. The second-order valence-electron chi connectivity index (χ2n) is 9.83. The van der Waals surface area contributed by atoms with Crippen molar-refractivity contribution >= 4 is 40.3 Å². The zero-order chi connectivity index (χ0) is 28.4.